The minimum absolute atomic E-state index is 0.0488. The highest BCUT2D eigenvalue weighted by molar-refractivity contribution is 7.39. The zero-order valence-electron chi connectivity index (χ0n) is 10.7. The molecule has 0 bridgehead atoms. The van der Waals surface area contributed by atoms with Gasteiger partial charge < -0.3 is 9.22 Å². The Labute approximate surface area is 95.5 Å². The first-order valence-electron chi connectivity index (χ1n) is 5.59. The summed E-state index contributed by atoms with van der Waals surface area (Å²) in [5.74, 6) is -0.0488. The maximum Gasteiger partial charge on any atom is 0.312 e. The second kappa shape index (κ2) is 7.19. The molecule has 0 aliphatic carbocycles. The number of likely N-dealkylation sites (N-methyl/N-ethyl adjacent to an activating group) is 1. The minimum atomic E-state index is -0.0488. The lowest BCUT2D eigenvalue weighted by Crippen LogP contribution is -2.43. The predicted octanol–water partition coefficient (Wildman–Crippen LogP) is 1.71. The van der Waals surface area contributed by atoms with Crippen molar-refractivity contribution in [3.05, 3.63) is 0 Å². The molecule has 4 heteroatoms. The molecule has 90 valence electrons. The Bertz CT molecular complexity index is 195. The lowest BCUT2D eigenvalue weighted by molar-refractivity contribution is -0.890. The summed E-state index contributed by atoms with van der Waals surface area (Å²) in [6.07, 6.45) is 1.16. The molecular weight excluding hydrogens is 209 g/mol. The molecule has 0 saturated carbocycles. The number of esters is 1. The van der Waals surface area contributed by atoms with Crippen LogP contribution >= 0.6 is 8.58 Å². The molecule has 0 aromatic rings. The zero-order valence-corrected chi connectivity index (χ0v) is 11.7. The highest BCUT2D eigenvalue weighted by Gasteiger charge is 2.16. The Morgan fingerprint density at radius 2 is 2.00 bits per heavy atom. The maximum absolute atomic E-state index is 11.4. The fourth-order valence-electron chi connectivity index (χ4n) is 1.35. The highest BCUT2D eigenvalue weighted by atomic mass is 31.1. The van der Waals surface area contributed by atoms with Crippen LogP contribution in [0.15, 0.2) is 0 Å². The van der Waals surface area contributed by atoms with Gasteiger partial charge in [-0.05, 0) is 20.0 Å². The summed E-state index contributed by atoms with van der Waals surface area (Å²) in [7, 11) is 4.97. The van der Waals surface area contributed by atoms with Crippen molar-refractivity contribution in [3.63, 3.8) is 0 Å². The van der Waals surface area contributed by atoms with Gasteiger partial charge in [0.1, 0.15) is 13.2 Å². The third kappa shape index (κ3) is 6.86. The van der Waals surface area contributed by atoms with Gasteiger partial charge in [-0.1, -0.05) is 6.92 Å². The van der Waals surface area contributed by atoms with Gasteiger partial charge in [0, 0.05) is 0 Å². The molecule has 2 atom stereocenters. The van der Waals surface area contributed by atoms with Crippen molar-refractivity contribution in [1.29, 1.82) is 0 Å². The number of ether oxygens (including phenoxy) is 1. The van der Waals surface area contributed by atoms with Gasteiger partial charge in [0.15, 0.2) is 0 Å². The van der Waals surface area contributed by atoms with E-state index in [9.17, 15) is 4.79 Å². The van der Waals surface area contributed by atoms with Crippen LogP contribution in [0.4, 0.5) is 0 Å². The van der Waals surface area contributed by atoms with Gasteiger partial charge in [0.2, 0.25) is 0 Å². The number of rotatable bonds is 7. The Balaban J connectivity index is 3.74. The van der Waals surface area contributed by atoms with Crippen molar-refractivity contribution in [2.24, 2.45) is 0 Å². The molecule has 0 aromatic heterocycles. The summed E-state index contributed by atoms with van der Waals surface area (Å²) < 4.78 is 6.15. The summed E-state index contributed by atoms with van der Waals surface area (Å²) in [6, 6.07) is 0. The molecule has 0 fully saturated rings. The topological polar surface area (TPSA) is 26.3 Å². The van der Waals surface area contributed by atoms with Crippen LogP contribution in [0, 0.1) is 0 Å². The summed E-state index contributed by atoms with van der Waals surface area (Å²) in [6.45, 7) is 8.70. The summed E-state index contributed by atoms with van der Waals surface area (Å²) in [5.41, 5.74) is 0.0618. The first kappa shape index (κ1) is 14.9. The molecular formula is C11H25NO2P+. The second-order valence-electron chi connectivity index (χ2n) is 4.56. The van der Waals surface area contributed by atoms with Crippen LogP contribution in [0.5, 0.6) is 0 Å². The third-order valence-electron chi connectivity index (χ3n) is 2.56. The van der Waals surface area contributed by atoms with Gasteiger partial charge in [-0.15, -0.1) is 8.58 Å². The van der Waals surface area contributed by atoms with E-state index in [2.05, 4.69) is 21.0 Å². The largest absolute Gasteiger partial charge is 0.459 e. The Hall–Kier alpha value is -0.140. The van der Waals surface area contributed by atoms with Gasteiger partial charge >= 0.3 is 5.97 Å². The maximum atomic E-state index is 11.4. The van der Waals surface area contributed by atoms with Crippen molar-refractivity contribution >= 4 is 14.6 Å². The van der Waals surface area contributed by atoms with E-state index in [0.717, 1.165) is 24.0 Å². The van der Waals surface area contributed by atoms with Gasteiger partial charge in [-0.3, -0.25) is 4.79 Å². The van der Waals surface area contributed by atoms with E-state index in [1.807, 2.05) is 13.6 Å². The number of quaternary nitrogens is 1. The third-order valence-corrected chi connectivity index (χ3v) is 3.66. The average Bonchev–Trinajstić information content (AvgIpc) is 2.15. The van der Waals surface area contributed by atoms with Crippen LogP contribution in [-0.4, -0.2) is 56.6 Å². The molecule has 0 heterocycles. The molecule has 0 aliphatic heterocycles. The number of hydrogen-bond acceptors (Lipinski definition) is 2. The lowest BCUT2D eigenvalue weighted by Gasteiger charge is -2.29. The van der Waals surface area contributed by atoms with Gasteiger partial charge in [0.05, 0.1) is 26.3 Å². The first-order chi connectivity index (χ1) is 6.93. The summed E-state index contributed by atoms with van der Waals surface area (Å²) >= 11 is 0. The predicted molar refractivity (Wildman–Crippen MR) is 66.8 cm³/mol. The molecule has 0 amide bonds. The van der Waals surface area contributed by atoms with Crippen LogP contribution in [0.3, 0.4) is 0 Å². The van der Waals surface area contributed by atoms with Crippen LogP contribution in [0.25, 0.3) is 0 Å². The highest BCUT2D eigenvalue weighted by Crippen LogP contribution is 2.14. The zero-order chi connectivity index (χ0) is 11.9. The Morgan fingerprint density at radius 1 is 1.40 bits per heavy atom. The summed E-state index contributed by atoms with van der Waals surface area (Å²) in [4.78, 5) is 11.4. The minimum Gasteiger partial charge on any atom is -0.459 e. The van der Waals surface area contributed by atoms with Crippen LogP contribution in [0.2, 0.25) is 0 Å². The Morgan fingerprint density at radius 3 is 2.47 bits per heavy atom. The number of nitrogens with zero attached hydrogens (tertiary/aromatic N) is 1. The van der Waals surface area contributed by atoms with E-state index >= 15 is 0 Å². The molecule has 3 nitrogen and oxygen atoms in total. The quantitative estimate of drug-likeness (QED) is 0.381. The normalized spacial score (nSPS) is 14.5. The second-order valence-corrected chi connectivity index (χ2v) is 6.00. The fraction of sp³-hybridized carbons (Fsp3) is 0.909. The van der Waals surface area contributed by atoms with E-state index in [0.29, 0.717) is 15.2 Å². The van der Waals surface area contributed by atoms with Crippen LogP contribution in [0.1, 0.15) is 20.3 Å². The van der Waals surface area contributed by atoms with Crippen molar-refractivity contribution in [2.75, 3.05) is 40.5 Å². The van der Waals surface area contributed by atoms with Crippen LogP contribution in [-0.2, 0) is 9.53 Å². The van der Waals surface area contributed by atoms with Gasteiger partial charge in [0.25, 0.3) is 0 Å². The van der Waals surface area contributed by atoms with Crippen molar-refractivity contribution in [3.8, 4) is 0 Å². The van der Waals surface area contributed by atoms with Crippen molar-refractivity contribution in [2.45, 2.75) is 25.9 Å². The SMILES string of the molecule is CCC[N+](C)(C)CCOC(=O)C(C)PC. The number of carbonyl (C=O) groups is 1. The van der Waals surface area contributed by atoms with E-state index in [1.165, 1.54) is 0 Å². The smallest absolute Gasteiger partial charge is 0.312 e. The Kier molecular flexibility index (Phi) is 7.12. The van der Waals surface area contributed by atoms with Crippen LogP contribution < -0.4 is 0 Å². The van der Waals surface area contributed by atoms with E-state index in [-0.39, 0.29) is 11.6 Å². The average molecular weight is 234 g/mol. The standard InChI is InChI=1S/C11H25NO2P/c1-6-7-12(3,4)8-9-14-11(13)10(2)15-5/h10,15H,6-9H2,1-5H3/q+1. The number of hydrogen-bond donors (Lipinski definition) is 0. The molecule has 0 N–H and O–H groups in total. The van der Waals surface area contributed by atoms with E-state index in [4.69, 9.17) is 4.74 Å². The number of carbonyl (C=O) groups excluding carboxylic acids is 1. The monoisotopic (exact) mass is 234 g/mol. The van der Waals surface area contributed by atoms with E-state index < -0.39 is 0 Å². The van der Waals surface area contributed by atoms with E-state index in [1.54, 1.807) is 0 Å². The summed E-state index contributed by atoms with van der Waals surface area (Å²) in [5, 5.41) is 0. The molecule has 0 rings (SSSR count). The lowest BCUT2D eigenvalue weighted by atomic mass is 10.4. The molecule has 15 heavy (non-hydrogen) atoms. The van der Waals surface area contributed by atoms with Crippen molar-refractivity contribution in [1.82, 2.24) is 0 Å². The molecule has 0 spiro atoms. The molecule has 2 unspecified atom stereocenters. The van der Waals surface area contributed by atoms with Crippen molar-refractivity contribution < 1.29 is 14.0 Å². The molecule has 0 aromatic carbocycles. The molecule has 0 radical (unpaired) electrons. The fourth-order valence-corrected chi connectivity index (χ4v) is 1.67. The first-order valence-corrected chi connectivity index (χ1v) is 7.16. The van der Waals surface area contributed by atoms with Gasteiger partial charge in [-0.25, -0.2) is 0 Å². The molecule has 0 aliphatic rings. The molecule has 0 saturated heterocycles. The van der Waals surface area contributed by atoms with Gasteiger partial charge in [-0.2, -0.15) is 0 Å².